The van der Waals surface area contributed by atoms with Gasteiger partial charge in [-0.2, -0.15) is 0 Å². The maximum absolute atomic E-state index is 12.1. The van der Waals surface area contributed by atoms with Crippen molar-refractivity contribution in [3.05, 3.63) is 57.3 Å². The molecule has 0 saturated carbocycles. The van der Waals surface area contributed by atoms with Crippen LogP contribution in [0.15, 0.2) is 41.1 Å². The number of amides is 2. The van der Waals surface area contributed by atoms with Crippen LogP contribution in [0, 0.1) is 0 Å². The van der Waals surface area contributed by atoms with E-state index in [9.17, 15) is 9.59 Å². The number of halogens is 2. The Balaban J connectivity index is 2.30. The van der Waals surface area contributed by atoms with Gasteiger partial charge in [0.1, 0.15) is 4.60 Å². The van der Waals surface area contributed by atoms with Crippen LogP contribution < -0.4 is 11.1 Å². The number of benzene rings is 1. The van der Waals surface area contributed by atoms with Crippen LogP contribution in [0.1, 0.15) is 20.7 Å². The van der Waals surface area contributed by atoms with Gasteiger partial charge in [-0.15, -0.1) is 0 Å². The Labute approximate surface area is 128 Å². The second kappa shape index (κ2) is 6.02. The molecule has 0 bridgehead atoms. The summed E-state index contributed by atoms with van der Waals surface area (Å²) in [6.07, 6.45) is 1.56. The Morgan fingerprint density at radius 1 is 1.30 bits per heavy atom. The summed E-state index contributed by atoms with van der Waals surface area (Å²) >= 11 is 9.17. The minimum atomic E-state index is -0.597. The van der Waals surface area contributed by atoms with E-state index in [0.29, 0.717) is 20.9 Å². The molecule has 0 spiro atoms. The van der Waals surface area contributed by atoms with Crippen molar-refractivity contribution >= 4 is 45.0 Å². The number of nitrogens with two attached hydrogens (primary N) is 1. The summed E-state index contributed by atoms with van der Waals surface area (Å²) in [6.45, 7) is 0. The van der Waals surface area contributed by atoms with Gasteiger partial charge in [-0.3, -0.25) is 9.59 Å². The molecule has 2 aromatic rings. The number of hydrogen-bond acceptors (Lipinski definition) is 3. The Hall–Kier alpha value is -1.92. The second-order valence-electron chi connectivity index (χ2n) is 3.85. The number of rotatable bonds is 3. The van der Waals surface area contributed by atoms with E-state index >= 15 is 0 Å². The van der Waals surface area contributed by atoms with Crippen LogP contribution in [0.5, 0.6) is 0 Å². The van der Waals surface area contributed by atoms with Gasteiger partial charge in [-0.1, -0.05) is 11.6 Å². The first-order valence-corrected chi connectivity index (χ1v) is 6.67. The molecule has 0 aliphatic rings. The molecule has 0 unspecified atom stereocenters. The molecule has 0 radical (unpaired) electrons. The van der Waals surface area contributed by atoms with E-state index in [0.717, 1.165) is 0 Å². The summed E-state index contributed by atoms with van der Waals surface area (Å²) in [5, 5.41) is 2.92. The Bertz CT molecular complexity index is 691. The van der Waals surface area contributed by atoms with Crippen LogP contribution in [-0.4, -0.2) is 16.8 Å². The lowest BCUT2D eigenvalue weighted by atomic mass is 10.2. The second-order valence-corrected chi connectivity index (χ2v) is 5.01. The number of primary amides is 1. The third-order valence-corrected chi connectivity index (χ3v) is 3.46. The highest BCUT2D eigenvalue weighted by Gasteiger charge is 2.13. The van der Waals surface area contributed by atoms with Crippen LogP contribution in [0.4, 0.5) is 5.69 Å². The highest BCUT2D eigenvalue weighted by molar-refractivity contribution is 9.10. The summed E-state index contributed by atoms with van der Waals surface area (Å²) < 4.78 is 0.416. The summed E-state index contributed by atoms with van der Waals surface area (Å²) in [5.41, 5.74) is 6.11. The van der Waals surface area contributed by atoms with E-state index < -0.39 is 11.8 Å². The average Bonchev–Trinajstić information content (AvgIpc) is 2.41. The molecule has 1 aromatic heterocycles. The van der Waals surface area contributed by atoms with E-state index in [4.69, 9.17) is 17.3 Å². The molecule has 102 valence electrons. The van der Waals surface area contributed by atoms with Crippen molar-refractivity contribution in [2.24, 2.45) is 5.73 Å². The molecular formula is C13H9BrClN3O2. The van der Waals surface area contributed by atoms with E-state index in [1.807, 2.05) is 0 Å². The van der Waals surface area contributed by atoms with E-state index in [1.165, 1.54) is 18.2 Å². The fraction of sp³-hybridized carbons (Fsp3) is 0. The van der Waals surface area contributed by atoms with Gasteiger partial charge < -0.3 is 11.1 Å². The summed E-state index contributed by atoms with van der Waals surface area (Å²) in [7, 11) is 0. The molecule has 1 aromatic carbocycles. The van der Waals surface area contributed by atoms with Gasteiger partial charge in [0, 0.05) is 11.8 Å². The minimum absolute atomic E-state index is 0.259. The molecule has 1 heterocycles. The van der Waals surface area contributed by atoms with Crippen molar-refractivity contribution in [3.8, 4) is 0 Å². The molecule has 0 saturated heterocycles. The number of carbonyl (C=O) groups excluding carboxylic acids is 2. The van der Waals surface area contributed by atoms with Gasteiger partial charge in [0.05, 0.1) is 16.3 Å². The standard InChI is InChI=1S/C13H9BrClN3O2/c14-11-8(2-1-5-17-11)13(20)18-10-6-7(12(16)19)3-4-9(10)15/h1-6H,(H2,16,19)(H,18,20). The van der Waals surface area contributed by atoms with Crippen molar-refractivity contribution in [3.63, 3.8) is 0 Å². The first-order chi connectivity index (χ1) is 9.49. The topological polar surface area (TPSA) is 85.1 Å². The maximum Gasteiger partial charge on any atom is 0.258 e. The Morgan fingerprint density at radius 3 is 2.70 bits per heavy atom. The van der Waals surface area contributed by atoms with Crippen LogP contribution in [0.3, 0.4) is 0 Å². The molecular weight excluding hydrogens is 346 g/mol. The predicted molar refractivity (Wildman–Crippen MR) is 79.9 cm³/mol. The highest BCUT2D eigenvalue weighted by atomic mass is 79.9. The molecule has 0 aliphatic heterocycles. The zero-order chi connectivity index (χ0) is 14.7. The number of carbonyl (C=O) groups is 2. The maximum atomic E-state index is 12.1. The Morgan fingerprint density at radius 2 is 2.05 bits per heavy atom. The largest absolute Gasteiger partial charge is 0.366 e. The fourth-order valence-corrected chi connectivity index (χ4v) is 2.11. The van der Waals surface area contributed by atoms with E-state index in [2.05, 4.69) is 26.2 Å². The lowest BCUT2D eigenvalue weighted by Gasteiger charge is -2.09. The minimum Gasteiger partial charge on any atom is -0.366 e. The number of nitrogens with zero attached hydrogens (tertiary/aromatic N) is 1. The van der Waals surface area contributed by atoms with Crippen LogP contribution in [0.25, 0.3) is 0 Å². The molecule has 20 heavy (non-hydrogen) atoms. The SMILES string of the molecule is NC(=O)c1ccc(Cl)c(NC(=O)c2cccnc2Br)c1. The lowest BCUT2D eigenvalue weighted by Crippen LogP contribution is -2.15. The smallest absolute Gasteiger partial charge is 0.258 e. The predicted octanol–water partition coefficient (Wildman–Crippen LogP) is 2.85. The monoisotopic (exact) mass is 353 g/mol. The van der Waals surface area contributed by atoms with Gasteiger partial charge in [-0.25, -0.2) is 4.98 Å². The number of anilines is 1. The first kappa shape index (κ1) is 14.5. The van der Waals surface area contributed by atoms with Crippen LogP contribution in [0.2, 0.25) is 5.02 Å². The third-order valence-electron chi connectivity index (χ3n) is 2.50. The van der Waals surface area contributed by atoms with Crippen LogP contribution >= 0.6 is 27.5 Å². The molecule has 5 nitrogen and oxygen atoms in total. The summed E-state index contributed by atoms with van der Waals surface area (Å²) in [4.78, 5) is 27.2. The average molecular weight is 355 g/mol. The zero-order valence-corrected chi connectivity index (χ0v) is 12.4. The molecule has 2 amide bonds. The lowest BCUT2D eigenvalue weighted by molar-refractivity contribution is 0.0996. The summed E-state index contributed by atoms with van der Waals surface area (Å²) in [5.74, 6) is -0.992. The number of pyridine rings is 1. The highest BCUT2D eigenvalue weighted by Crippen LogP contribution is 2.24. The van der Waals surface area contributed by atoms with E-state index in [-0.39, 0.29) is 5.56 Å². The van der Waals surface area contributed by atoms with Crippen molar-refractivity contribution in [1.82, 2.24) is 4.98 Å². The molecule has 2 rings (SSSR count). The van der Waals surface area contributed by atoms with Crippen molar-refractivity contribution in [1.29, 1.82) is 0 Å². The van der Waals surface area contributed by atoms with E-state index in [1.54, 1.807) is 18.3 Å². The third kappa shape index (κ3) is 3.15. The Kier molecular flexibility index (Phi) is 4.36. The zero-order valence-electron chi connectivity index (χ0n) is 10.1. The molecule has 0 atom stereocenters. The first-order valence-electron chi connectivity index (χ1n) is 5.50. The normalized spacial score (nSPS) is 10.1. The fourth-order valence-electron chi connectivity index (χ4n) is 1.52. The number of nitrogens with one attached hydrogen (secondary N) is 1. The van der Waals surface area contributed by atoms with Crippen LogP contribution in [-0.2, 0) is 0 Å². The summed E-state index contributed by atoms with van der Waals surface area (Å²) in [6, 6.07) is 7.65. The molecule has 0 fully saturated rings. The molecule has 7 heteroatoms. The quantitative estimate of drug-likeness (QED) is 0.831. The number of hydrogen-bond donors (Lipinski definition) is 2. The van der Waals surface area contributed by atoms with Crippen molar-refractivity contribution < 1.29 is 9.59 Å². The molecule has 3 N–H and O–H groups in total. The van der Waals surface area contributed by atoms with Gasteiger partial charge in [-0.05, 0) is 46.3 Å². The molecule has 0 aliphatic carbocycles. The van der Waals surface area contributed by atoms with Gasteiger partial charge in [0.15, 0.2) is 0 Å². The number of aromatic nitrogens is 1. The van der Waals surface area contributed by atoms with Gasteiger partial charge in [0.25, 0.3) is 5.91 Å². The van der Waals surface area contributed by atoms with Gasteiger partial charge in [0.2, 0.25) is 5.91 Å². The van der Waals surface area contributed by atoms with Crippen molar-refractivity contribution in [2.75, 3.05) is 5.32 Å². The van der Waals surface area contributed by atoms with Crippen molar-refractivity contribution in [2.45, 2.75) is 0 Å². The van der Waals surface area contributed by atoms with Gasteiger partial charge >= 0.3 is 0 Å².